The molecule has 1 aromatic heterocycles. The maximum atomic E-state index is 12.3. The third kappa shape index (κ3) is 5.58. The Morgan fingerprint density at radius 2 is 1.87 bits per heavy atom. The Morgan fingerprint density at radius 1 is 1.07 bits per heavy atom. The van der Waals surface area contributed by atoms with Gasteiger partial charge in [0, 0.05) is 55.5 Å². The van der Waals surface area contributed by atoms with E-state index in [-0.39, 0.29) is 5.91 Å². The van der Waals surface area contributed by atoms with Crippen LogP contribution in [0.2, 0.25) is 5.02 Å². The van der Waals surface area contributed by atoms with E-state index in [1.54, 1.807) is 11.0 Å². The Balaban J connectivity index is 1.19. The first-order valence-corrected chi connectivity index (χ1v) is 10.5. The predicted molar refractivity (Wildman–Crippen MR) is 119 cm³/mol. The minimum Gasteiger partial charge on any atom is -0.369 e. The number of piperazine rings is 1. The minimum absolute atomic E-state index is 0.0382. The van der Waals surface area contributed by atoms with Gasteiger partial charge in [0.1, 0.15) is 12.7 Å². The fraction of sp³-hybridized carbons (Fsp3) is 0.318. The Bertz CT molecular complexity index is 952. The van der Waals surface area contributed by atoms with Crippen LogP contribution in [0.1, 0.15) is 12.0 Å². The van der Waals surface area contributed by atoms with E-state index < -0.39 is 0 Å². The molecule has 0 radical (unpaired) electrons. The van der Waals surface area contributed by atoms with Crippen LogP contribution < -0.4 is 10.2 Å². The number of aromatic nitrogens is 3. The number of hydrogen-bond acceptors (Lipinski definition) is 5. The molecule has 1 fully saturated rings. The predicted octanol–water partition coefficient (Wildman–Crippen LogP) is 3.13. The molecule has 30 heavy (non-hydrogen) atoms. The van der Waals surface area contributed by atoms with Crippen LogP contribution in [0, 0.1) is 0 Å². The first-order chi connectivity index (χ1) is 14.7. The van der Waals surface area contributed by atoms with Crippen LogP contribution in [0.15, 0.2) is 61.2 Å². The molecule has 1 aliphatic rings. The van der Waals surface area contributed by atoms with Crippen molar-refractivity contribution in [1.82, 2.24) is 19.7 Å². The Kier molecular flexibility index (Phi) is 6.61. The molecular weight excluding hydrogens is 400 g/mol. The average Bonchev–Trinajstić information content (AvgIpc) is 3.27. The van der Waals surface area contributed by atoms with E-state index in [1.165, 1.54) is 6.33 Å². The van der Waals surface area contributed by atoms with Crippen molar-refractivity contribution in [2.75, 3.05) is 42.9 Å². The smallest absolute Gasteiger partial charge is 0.225 e. The molecule has 0 saturated carbocycles. The van der Waals surface area contributed by atoms with Gasteiger partial charge in [0.05, 0.1) is 6.54 Å². The number of nitrogens with zero attached hydrogens (tertiary/aromatic N) is 5. The molecule has 156 valence electrons. The van der Waals surface area contributed by atoms with Crippen LogP contribution in [0.5, 0.6) is 0 Å². The van der Waals surface area contributed by atoms with Crippen LogP contribution in [-0.4, -0.2) is 58.3 Å². The Labute approximate surface area is 181 Å². The molecule has 7 nitrogen and oxygen atoms in total. The zero-order valence-electron chi connectivity index (χ0n) is 16.7. The SMILES string of the molecule is O=C(CCN1CCN(c2cccc(Cl)c2)CC1)Nc1ccc(Cn2cncn2)cc1. The summed E-state index contributed by atoms with van der Waals surface area (Å²) < 4.78 is 1.76. The van der Waals surface area contributed by atoms with Crippen molar-refractivity contribution < 1.29 is 4.79 Å². The largest absolute Gasteiger partial charge is 0.369 e. The molecule has 0 aliphatic carbocycles. The van der Waals surface area contributed by atoms with Crippen LogP contribution in [0.3, 0.4) is 0 Å². The topological polar surface area (TPSA) is 66.3 Å². The number of carbonyl (C=O) groups excluding carboxylic acids is 1. The lowest BCUT2D eigenvalue weighted by Crippen LogP contribution is -2.47. The highest BCUT2D eigenvalue weighted by Crippen LogP contribution is 2.20. The van der Waals surface area contributed by atoms with E-state index in [1.807, 2.05) is 42.5 Å². The molecule has 1 N–H and O–H groups in total. The molecule has 0 spiro atoms. The van der Waals surface area contributed by atoms with E-state index in [2.05, 4.69) is 31.3 Å². The first kappa shape index (κ1) is 20.4. The van der Waals surface area contributed by atoms with Crippen molar-refractivity contribution in [3.8, 4) is 0 Å². The van der Waals surface area contributed by atoms with Gasteiger partial charge in [-0.25, -0.2) is 9.67 Å². The van der Waals surface area contributed by atoms with Crippen LogP contribution in [0.25, 0.3) is 0 Å². The zero-order chi connectivity index (χ0) is 20.8. The second-order valence-corrected chi connectivity index (χ2v) is 7.83. The van der Waals surface area contributed by atoms with Gasteiger partial charge in [-0.15, -0.1) is 0 Å². The van der Waals surface area contributed by atoms with Gasteiger partial charge >= 0.3 is 0 Å². The lowest BCUT2D eigenvalue weighted by atomic mass is 10.2. The van der Waals surface area contributed by atoms with Crippen molar-refractivity contribution in [1.29, 1.82) is 0 Å². The molecule has 8 heteroatoms. The summed E-state index contributed by atoms with van der Waals surface area (Å²) in [5.74, 6) is 0.0382. The van der Waals surface area contributed by atoms with E-state index in [0.29, 0.717) is 13.0 Å². The summed E-state index contributed by atoms with van der Waals surface area (Å²) in [6.45, 7) is 5.19. The van der Waals surface area contributed by atoms with Gasteiger partial charge in [0.25, 0.3) is 0 Å². The highest BCUT2D eigenvalue weighted by atomic mass is 35.5. The monoisotopic (exact) mass is 424 g/mol. The standard InChI is InChI=1S/C22H25ClN6O/c23-19-2-1-3-21(14-19)28-12-10-27(11-13-28)9-8-22(30)26-20-6-4-18(5-7-20)15-29-17-24-16-25-29/h1-7,14,16-17H,8-13,15H2,(H,26,30). The lowest BCUT2D eigenvalue weighted by Gasteiger charge is -2.36. The molecule has 0 atom stereocenters. The number of carbonyl (C=O) groups is 1. The van der Waals surface area contributed by atoms with E-state index >= 15 is 0 Å². The summed E-state index contributed by atoms with van der Waals surface area (Å²) in [6.07, 6.45) is 3.69. The molecule has 3 aromatic rings. The third-order valence-corrected chi connectivity index (χ3v) is 5.48. The second kappa shape index (κ2) is 9.73. The fourth-order valence-corrected chi connectivity index (χ4v) is 3.77. The number of nitrogens with one attached hydrogen (secondary N) is 1. The highest BCUT2D eigenvalue weighted by molar-refractivity contribution is 6.30. The quantitative estimate of drug-likeness (QED) is 0.631. The van der Waals surface area contributed by atoms with Gasteiger partial charge in [0.2, 0.25) is 5.91 Å². The number of halogens is 1. The van der Waals surface area contributed by atoms with Gasteiger partial charge in [0.15, 0.2) is 0 Å². The van der Waals surface area contributed by atoms with Gasteiger partial charge in [-0.2, -0.15) is 5.10 Å². The number of hydrogen-bond donors (Lipinski definition) is 1. The average molecular weight is 425 g/mol. The summed E-state index contributed by atoms with van der Waals surface area (Å²) in [5.41, 5.74) is 3.08. The Morgan fingerprint density at radius 3 is 2.57 bits per heavy atom. The molecule has 1 aliphatic heterocycles. The molecule has 1 amide bonds. The van der Waals surface area contributed by atoms with Gasteiger partial charge < -0.3 is 10.2 Å². The number of rotatable bonds is 7. The van der Waals surface area contributed by atoms with Gasteiger partial charge in [-0.3, -0.25) is 9.69 Å². The number of benzene rings is 2. The molecule has 2 heterocycles. The number of anilines is 2. The van der Waals surface area contributed by atoms with Crippen LogP contribution in [0.4, 0.5) is 11.4 Å². The third-order valence-electron chi connectivity index (χ3n) is 5.25. The highest BCUT2D eigenvalue weighted by Gasteiger charge is 2.18. The summed E-state index contributed by atoms with van der Waals surface area (Å²) >= 11 is 6.10. The summed E-state index contributed by atoms with van der Waals surface area (Å²) in [6, 6.07) is 15.8. The fourth-order valence-electron chi connectivity index (χ4n) is 3.58. The molecule has 0 unspecified atom stereocenters. The van der Waals surface area contributed by atoms with Crippen LogP contribution >= 0.6 is 11.6 Å². The van der Waals surface area contributed by atoms with Crippen molar-refractivity contribution >= 4 is 28.9 Å². The molecule has 2 aromatic carbocycles. The second-order valence-electron chi connectivity index (χ2n) is 7.40. The summed E-state index contributed by atoms with van der Waals surface area (Å²) in [4.78, 5) is 20.9. The molecular formula is C22H25ClN6O. The van der Waals surface area contributed by atoms with Crippen molar-refractivity contribution in [2.45, 2.75) is 13.0 Å². The van der Waals surface area contributed by atoms with Gasteiger partial charge in [-0.1, -0.05) is 29.8 Å². The summed E-state index contributed by atoms with van der Waals surface area (Å²) in [7, 11) is 0. The summed E-state index contributed by atoms with van der Waals surface area (Å²) in [5, 5.41) is 7.84. The van der Waals surface area contributed by atoms with E-state index in [0.717, 1.165) is 54.7 Å². The van der Waals surface area contributed by atoms with E-state index in [9.17, 15) is 4.79 Å². The lowest BCUT2D eigenvalue weighted by molar-refractivity contribution is -0.116. The van der Waals surface area contributed by atoms with Gasteiger partial charge in [-0.05, 0) is 35.9 Å². The molecule has 0 bridgehead atoms. The normalized spacial score (nSPS) is 14.6. The van der Waals surface area contributed by atoms with E-state index in [4.69, 9.17) is 11.6 Å². The van der Waals surface area contributed by atoms with Crippen molar-refractivity contribution in [2.24, 2.45) is 0 Å². The molecule has 4 rings (SSSR count). The Hall–Kier alpha value is -2.90. The maximum Gasteiger partial charge on any atom is 0.225 e. The van der Waals surface area contributed by atoms with Crippen molar-refractivity contribution in [3.63, 3.8) is 0 Å². The maximum absolute atomic E-state index is 12.3. The first-order valence-electron chi connectivity index (χ1n) is 10.1. The zero-order valence-corrected chi connectivity index (χ0v) is 17.5. The van der Waals surface area contributed by atoms with Crippen molar-refractivity contribution in [3.05, 3.63) is 71.8 Å². The minimum atomic E-state index is 0.0382. The number of amides is 1. The molecule has 1 saturated heterocycles. The van der Waals surface area contributed by atoms with Crippen LogP contribution in [-0.2, 0) is 11.3 Å².